The van der Waals surface area contributed by atoms with Gasteiger partial charge in [-0.1, -0.05) is 43.6 Å². The van der Waals surface area contributed by atoms with Gasteiger partial charge in [0.05, 0.1) is 0 Å². The lowest BCUT2D eigenvalue weighted by molar-refractivity contribution is -0.129. The van der Waals surface area contributed by atoms with Gasteiger partial charge >= 0.3 is 11.9 Å². The van der Waals surface area contributed by atoms with Crippen LogP contribution in [0.2, 0.25) is 0 Å². The van der Waals surface area contributed by atoms with Gasteiger partial charge in [-0.15, -0.1) is 0 Å². The van der Waals surface area contributed by atoms with Crippen LogP contribution in [0.5, 0.6) is 11.5 Å². The summed E-state index contributed by atoms with van der Waals surface area (Å²) in [5, 5.41) is 0. The molecular formula is C18H12Br2O4S. The SMILES string of the molecule is O=C(C=CBr)Oc1ccc(Sc2ccc(OC(=O)C=CBr)cc2)cc1. The summed E-state index contributed by atoms with van der Waals surface area (Å²) >= 11 is 7.58. The predicted molar refractivity (Wildman–Crippen MR) is 104 cm³/mol. The van der Waals surface area contributed by atoms with Crippen LogP contribution in [0.15, 0.2) is 80.4 Å². The van der Waals surface area contributed by atoms with Gasteiger partial charge in [0.2, 0.25) is 0 Å². The second-order valence-corrected chi connectivity index (χ2v) is 6.68. The van der Waals surface area contributed by atoms with Crippen LogP contribution >= 0.6 is 43.6 Å². The van der Waals surface area contributed by atoms with Crippen LogP contribution < -0.4 is 9.47 Å². The molecule has 0 saturated carbocycles. The molecule has 0 spiro atoms. The van der Waals surface area contributed by atoms with E-state index in [1.54, 1.807) is 24.3 Å². The van der Waals surface area contributed by atoms with Crippen molar-refractivity contribution in [3.63, 3.8) is 0 Å². The molecule has 2 rings (SSSR count). The summed E-state index contributed by atoms with van der Waals surface area (Å²) in [5.41, 5.74) is 0. The van der Waals surface area contributed by atoms with E-state index >= 15 is 0 Å². The van der Waals surface area contributed by atoms with Gasteiger partial charge in [0.25, 0.3) is 0 Å². The van der Waals surface area contributed by atoms with Crippen molar-refractivity contribution in [3.05, 3.63) is 70.7 Å². The van der Waals surface area contributed by atoms with Gasteiger partial charge in [-0.05, 0) is 58.5 Å². The highest BCUT2D eigenvalue weighted by atomic mass is 79.9. The fourth-order valence-electron chi connectivity index (χ4n) is 1.69. The Hall–Kier alpha value is -1.83. The topological polar surface area (TPSA) is 52.6 Å². The smallest absolute Gasteiger partial charge is 0.336 e. The molecule has 0 aromatic heterocycles. The predicted octanol–water partition coefficient (Wildman–Crippen LogP) is 5.47. The molecule has 0 amide bonds. The van der Waals surface area contributed by atoms with Crippen LogP contribution in [0.25, 0.3) is 0 Å². The van der Waals surface area contributed by atoms with Crippen molar-refractivity contribution in [2.24, 2.45) is 0 Å². The molecule has 0 aliphatic heterocycles. The molecule has 2 aromatic rings. The van der Waals surface area contributed by atoms with Crippen molar-refractivity contribution in [2.75, 3.05) is 0 Å². The summed E-state index contributed by atoms with van der Waals surface area (Å²) in [7, 11) is 0. The summed E-state index contributed by atoms with van der Waals surface area (Å²) in [6, 6.07) is 14.4. The van der Waals surface area contributed by atoms with Crippen LogP contribution in [0.4, 0.5) is 0 Å². The lowest BCUT2D eigenvalue weighted by Gasteiger charge is -2.05. The maximum atomic E-state index is 11.4. The average molecular weight is 484 g/mol. The van der Waals surface area contributed by atoms with Crippen molar-refractivity contribution >= 4 is 55.6 Å². The fraction of sp³-hybridized carbons (Fsp3) is 0. The van der Waals surface area contributed by atoms with E-state index in [0.29, 0.717) is 11.5 Å². The number of rotatable bonds is 6. The molecule has 0 fully saturated rings. The molecular weight excluding hydrogens is 472 g/mol. The van der Waals surface area contributed by atoms with Gasteiger partial charge < -0.3 is 9.47 Å². The zero-order valence-electron chi connectivity index (χ0n) is 12.7. The van der Waals surface area contributed by atoms with Gasteiger partial charge in [0.15, 0.2) is 0 Å². The number of halogens is 2. The molecule has 0 saturated heterocycles. The van der Waals surface area contributed by atoms with Crippen molar-refractivity contribution in [3.8, 4) is 11.5 Å². The van der Waals surface area contributed by atoms with E-state index in [-0.39, 0.29) is 0 Å². The summed E-state index contributed by atoms with van der Waals surface area (Å²) in [4.78, 5) is 27.6. The zero-order chi connectivity index (χ0) is 18.1. The van der Waals surface area contributed by atoms with E-state index in [1.165, 1.54) is 33.9 Å². The molecule has 128 valence electrons. The summed E-state index contributed by atoms with van der Waals surface area (Å²) in [5.74, 6) is 0.0541. The van der Waals surface area contributed by atoms with Crippen LogP contribution in [0, 0.1) is 0 Å². The van der Waals surface area contributed by atoms with Crippen LogP contribution in [-0.2, 0) is 9.59 Å². The molecule has 0 radical (unpaired) electrons. The minimum Gasteiger partial charge on any atom is -0.423 e. The van der Waals surface area contributed by atoms with Crippen molar-refractivity contribution in [2.45, 2.75) is 9.79 Å². The lowest BCUT2D eigenvalue weighted by Crippen LogP contribution is -2.03. The third-order valence-corrected chi connectivity index (χ3v) is 4.26. The highest BCUT2D eigenvalue weighted by molar-refractivity contribution is 9.11. The van der Waals surface area contributed by atoms with Gasteiger partial charge in [0, 0.05) is 21.9 Å². The molecule has 25 heavy (non-hydrogen) atoms. The quantitative estimate of drug-likeness (QED) is 0.310. The third-order valence-electron chi connectivity index (χ3n) is 2.72. The maximum Gasteiger partial charge on any atom is 0.336 e. The highest BCUT2D eigenvalue weighted by Gasteiger charge is 2.04. The molecule has 0 atom stereocenters. The van der Waals surface area contributed by atoms with E-state index in [1.807, 2.05) is 24.3 Å². The third kappa shape index (κ3) is 6.89. The second kappa shape index (κ2) is 10.2. The fourth-order valence-corrected chi connectivity index (χ4v) is 2.94. The minimum absolute atomic E-state index is 0.447. The molecule has 4 nitrogen and oxygen atoms in total. The molecule has 7 heteroatoms. The Morgan fingerprint density at radius 3 is 1.40 bits per heavy atom. The largest absolute Gasteiger partial charge is 0.423 e. The van der Waals surface area contributed by atoms with Gasteiger partial charge in [0.1, 0.15) is 11.5 Å². The number of benzene rings is 2. The molecule has 0 unspecified atom stereocenters. The number of esters is 2. The first-order valence-electron chi connectivity index (χ1n) is 6.96. The molecule has 2 aromatic carbocycles. The second-order valence-electron chi connectivity index (χ2n) is 4.47. The number of carbonyl (C=O) groups excluding carboxylic acids is 2. The standard InChI is InChI=1S/C18H12Br2O4S/c19-11-9-17(21)23-13-1-5-15(6-2-13)25-16-7-3-14(4-8-16)24-18(22)10-12-20/h1-12H. The van der Waals surface area contributed by atoms with Crippen LogP contribution in [-0.4, -0.2) is 11.9 Å². The zero-order valence-corrected chi connectivity index (χ0v) is 16.7. The maximum absolute atomic E-state index is 11.4. The number of hydrogen-bond acceptors (Lipinski definition) is 5. The van der Waals surface area contributed by atoms with Crippen LogP contribution in [0.3, 0.4) is 0 Å². The van der Waals surface area contributed by atoms with E-state index in [4.69, 9.17) is 9.47 Å². The molecule has 0 heterocycles. The Balaban J connectivity index is 1.95. The van der Waals surface area contributed by atoms with Crippen molar-refractivity contribution in [1.29, 1.82) is 0 Å². The molecule has 0 aliphatic carbocycles. The van der Waals surface area contributed by atoms with Crippen molar-refractivity contribution < 1.29 is 19.1 Å². The van der Waals surface area contributed by atoms with E-state index in [0.717, 1.165) is 9.79 Å². The van der Waals surface area contributed by atoms with Gasteiger partial charge in [-0.2, -0.15) is 0 Å². The van der Waals surface area contributed by atoms with E-state index < -0.39 is 11.9 Å². The normalized spacial score (nSPS) is 11.0. The summed E-state index contributed by atoms with van der Waals surface area (Å²) < 4.78 is 10.2. The average Bonchev–Trinajstić information content (AvgIpc) is 2.59. The Morgan fingerprint density at radius 1 is 0.720 bits per heavy atom. The summed E-state index contributed by atoms with van der Waals surface area (Å²) in [6.45, 7) is 0. The molecule has 0 aliphatic rings. The van der Waals surface area contributed by atoms with Gasteiger partial charge in [-0.3, -0.25) is 0 Å². The Kier molecular flexibility index (Phi) is 7.97. The highest BCUT2D eigenvalue weighted by Crippen LogP contribution is 2.30. The Bertz CT molecular complexity index is 716. The van der Waals surface area contributed by atoms with Gasteiger partial charge in [-0.25, -0.2) is 9.59 Å². The molecule has 0 N–H and O–H groups in total. The first-order chi connectivity index (χ1) is 12.1. The Morgan fingerprint density at radius 2 is 1.08 bits per heavy atom. The lowest BCUT2D eigenvalue weighted by atomic mass is 10.3. The minimum atomic E-state index is -0.447. The Labute approximate surface area is 166 Å². The summed E-state index contributed by atoms with van der Waals surface area (Å²) in [6.07, 6.45) is 2.56. The number of carbonyl (C=O) groups is 2. The van der Waals surface area contributed by atoms with Crippen molar-refractivity contribution in [1.82, 2.24) is 0 Å². The first-order valence-corrected chi connectivity index (χ1v) is 9.60. The monoisotopic (exact) mass is 482 g/mol. The van der Waals surface area contributed by atoms with E-state index in [9.17, 15) is 9.59 Å². The number of hydrogen-bond donors (Lipinski definition) is 0. The van der Waals surface area contributed by atoms with Crippen LogP contribution in [0.1, 0.15) is 0 Å². The van der Waals surface area contributed by atoms with E-state index in [2.05, 4.69) is 31.9 Å². The molecule has 0 bridgehead atoms. The number of ether oxygens (including phenoxy) is 2. The first kappa shape index (κ1) is 19.5.